The second kappa shape index (κ2) is 7.33. The predicted molar refractivity (Wildman–Crippen MR) is 83.6 cm³/mol. The van der Waals surface area contributed by atoms with E-state index < -0.39 is 10.0 Å². The van der Waals surface area contributed by atoms with Crippen molar-refractivity contribution in [3.63, 3.8) is 0 Å². The van der Waals surface area contributed by atoms with E-state index in [4.69, 9.17) is 0 Å². The maximum absolute atomic E-state index is 12.3. The zero-order valence-corrected chi connectivity index (χ0v) is 13.9. The highest BCUT2D eigenvalue weighted by molar-refractivity contribution is 9.10. The van der Waals surface area contributed by atoms with Gasteiger partial charge in [-0.3, -0.25) is 9.78 Å². The zero-order chi connectivity index (χ0) is 15.3. The molecule has 0 spiro atoms. The number of amides is 1. The predicted octanol–water partition coefficient (Wildman–Crippen LogP) is 1.21. The first kappa shape index (κ1) is 16.4. The Morgan fingerprint density at radius 1 is 1.33 bits per heavy atom. The van der Waals surface area contributed by atoms with Gasteiger partial charge in [0.15, 0.2) is 0 Å². The zero-order valence-electron chi connectivity index (χ0n) is 11.5. The van der Waals surface area contributed by atoms with Crippen LogP contribution in [0.1, 0.15) is 23.2 Å². The van der Waals surface area contributed by atoms with Crippen LogP contribution in [0.15, 0.2) is 24.5 Å². The Hall–Kier alpha value is -0.990. The number of carbonyl (C=O) groups is 1. The summed E-state index contributed by atoms with van der Waals surface area (Å²) in [4.78, 5) is 18.0. The van der Waals surface area contributed by atoms with Crippen molar-refractivity contribution in [2.24, 2.45) is 5.92 Å². The van der Waals surface area contributed by atoms with E-state index in [0.717, 1.165) is 12.8 Å². The Labute approximate surface area is 133 Å². The largest absolute Gasteiger partial charge is 0.339 e. The third-order valence-corrected chi connectivity index (χ3v) is 6.27. The fourth-order valence-corrected chi connectivity index (χ4v) is 3.35. The van der Waals surface area contributed by atoms with Crippen LogP contribution in [0.5, 0.6) is 0 Å². The van der Waals surface area contributed by atoms with Crippen molar-refractivity contribution < 1.29 is 13.2 Å². The first-order valence-electron chi connectivity index (χ1n) is 6.74. The lowest BCUT2D eigenvalue weighted by Gasteiger charge is -2.32. The summed E-state index contributed by atoms with van der Waals surface area (Å²) in [6, 6.07) is 3.41. The smallest absolute Gasteiger partial charge is 0.253 e. The Bertz CT molecular complexity index is 572. The van der Waals surface area contributed by atoms with Crippen molar-refractivity contribution in [1.82, 2.24) is 14.6 Å². The number of piperidine rings is 1. The van der Waals surface area contributed by atoms with Crippen LogP contribution < -0.4 is 4.72 Å². The summed E-state index contributed by atoms with van der Waals surface area (Å²) in [5, 5.41) is 0. The maximum atomic E-state index is 12.3. The average Bonchev–Trinajstić information content (AvgIpc) is 2.54. The van der Waals surface area contributed by atoms with Gasteiger partial charge in [0, 0.05) is 37.6 Å². The molecular formula is C13H18BrN3O3S. The molecule has 1 saturated heterocycles. The molecule has 0 bridgehead atoms. The normalized spacial score (nSPS) is 16.9. The van der Waals surface area contributed by atoms with E-state index in [-0.39, 0.29) is 16.5 Å². The molecule has 0 saturated carbocycles. The molecule has 0 aliphatic carbocycles. The molecule has 0 aromatic carbocycles. The molecule has 0 atom stereocenters. The van der Waals surface area contributed by atoms with Crippen LogP contribution >= 0.6 is 15.9 Å². The lowest BCUT2D eigenvalue weighted by Crippen LogP contribution is -2.41. The molecule has 1 amide bonds. The molecule has 1 aliphatic heterocycles. The standard InChI is InChI=1S/C13H18BrN3O3S/c14-10-21(19,20)16-9-11-3-7-17(8-4-11)13(18)12-1-5-15-6-2-12/h1-2,5-6,11,16H,3-4,7-10H2. The second-order valence-electron chi connectivity index (χ2n) is 5.04. The first-order chi connectivity index (χ1) is 10.0. The summed E-state index contributed by atoms with van der Waals surface area (Å²) in [6.45, 7) is 1.74. The number of alkyl halides is 1. The molecule has 0 unspecified atom stereocenters. The lowest BCUT2D eigenvalue weighted by atomic mass is 9.97. The molecule has 8 heteroatoms. The quantitative estimate of drug-likeness (QED) is 0.784. The number of likely N-dealkylation sites (tertiary alicyclic amines) is 1. The molecule has 1 aliphatic rings. The highest BCUT2D eigenvalue weighted by Crippen LogP contribution is 2.18. The van der Waals surface area contributed by atoms with Gasteiger partial charge in [0.2, 0.25) is 10.0 Å². The Kier molecular flexibility index (Phi) is 5.72. The molecule has 6 nitrogen and oxygen atoms in total. The van der Waals surface area contributed by atoms with Gasteiger partial charge in [0.25, 0.3) is 5.91 Å². The average molecular weight is 376 g/mol. The van der Waals surface area contributed by atoms with Crippen molar-refractivity contribution in [2.75, 3.05) is 24.3 Å². The molecule has 1 aromatic heterocycles. The van der Waals surface area contributed by atoms with Gasteiger partial charge in [0.05, 0.1) is 0 Å². The molecule has 1 fully saturated rings. The fraction of sp³-hybridized carbons (Fsp3) is 0.538. The maximum Gasteiger partial charge on any atom is 0.253 e. The van der Waals surface area contributed by atoms with Gasteiger partial charge in [0.1, 0.15) is 4.66 Å². The molecule has 0 radical (unpaired) electrons. The van der Waals surface area contributed by atoms with Gasteiger partial charge < -0.3 is 4.90 Å². The van der Waals surface area contributed by atoms with E-state index in [1.165, 1.54) is 0 Å². The van der Waals surface area contributed by atoms with Crippen LogP contribution in [0.3, 0.4) is 0 Å². The third kappa shape index (κ3) is 4.76. The number of nitrogens with one attached hydrogen (secondary N) is 1. The van der Waals surface area contributed by atoms with Crippen LogP contribution in [-0.2, 0) is 10.0 Å². The van der Waals surface area contributed by atoms with E-state index >= 15 is 0 Å². The summed E-state index contributed by atoms with van der Waals surface area (Å²) in [5.41, 5.74) is 0.642. The minimum atomic E-state index is -3.21. The molecule has 116 valence electrons. The summed E-state index contributed by atoms with van der Waals surface area (Å²) in [7, 11) is -3.21. The molecule has 21 heavy (non-hydrogen) atoms. The Morgan fingerprint density at radius 2 is 1.95 bits per heavy atom. The number of halogens is 1. The van der Waals surface area contributed by atoms with Crippen molar-refractivity contribution in [3.8, 4) is 0 Å². The van der Waals surface area contributed by atoms with Crippen LogP contribution in [-0.4, -0.2) is 48.5 Å². The molecular weight excluding hydrogens is 358 g/mol. The second-order valence-corrected chi connectivity index (χ2v) is 8.15. The summed E-state index contributed by atoms with van der Waals surface area (Å²) < 4.78 is 25.2. The number of hydrogen-bond donors (Lipinski definition) is 1. The van der Waals surface area contributed by atoms with E-state index in [2.05, 4.69) is 25.6 Å². The number of aromatic nitrogens is 1. The Morgan fingerprint density at radius 3 is 2.52 bits per heavy atom. The fourth-order valence-electron chi connectivity index (χ4n) is 2.30. The molecule has 2 rings (SSSR count). The highest BCUT2D eigenvalue weighted by Gasteiger charge is 2.24. The number of sulfonamides is 1. The van der Waals surface area contributed by atoms with Gasteiger partial charge in [-0.1, -0.05) is 15.9 Å². The molecule has 1 N–H and O–H groups in total. The van der Waals surface area contributed by atoms with Crippen molar-refractivity contribution in [2.45, 2.75) is 12.8 Å². The van der Waals surface area contributed by atoms with Crippen molar-refractivity contribution in [3.05, 3.63) is 30.1 Å². The summed E-state index contributed by atoms with van der Waals surface area (Å²) >= 11 is 2.94. The van der Waals surface area contributed by atoms with Crippen LogP contribution in [0, 0.1) is 5.92 Å². The summed E-state index contributed by atoms with van der Waals surface area (Å²) in [5.74, 6) is 0.289. The lowest BCUT2D eigenvalue weighted by molar-refractivity contribution is 0.0692. The van der Waals surface area contributed by atoms with Crippen LogP contribution in [0.2, 0.25) is 0 Å². The van der Waals surface area contributed by atoms with Crippen LogP contribution in [0.25, 0.3) is 0 Å². The first-order valence-corrected chi connectivity index (χ1v) is 9.52. The Balaban J connectivity index is 1.82. The van der Waals surface area contributed by atoms with Crippen molar-refractivity contribution >= 4 is 31.9 Å². The van der Waals surface area contributed by atoms with Gasteiger partial charge in [-0.25, -0.2) is 13.1 Å². The number of pyridine rings is 1. The van der Waals surface area contributed by atoms with Crippen LogP contribution in [0.4, 0.5) is 0 Å². The minimum Gasteiger partial charge on any atom is -0.339 e. The van der Waals surface area contributed by atoms with Gasteiger partial charge >= 0.3 is 0 Å². The number of hydrogen-bond acceptors (Lipinski definition) is 4. The van der Waals surface area contributed by atoms with E-state index in [0.29, 0.717) is 25.2 Å². The minimum absolute atomic E-state index is 0.0110. The van der Waals surface area contributed by atoms with E-state index in [1.54, 1.807) is 24.5 Å². The molecule has 2 heterocycles. The van der Waals surface area contributed by atoms with Crippen molar-refractivity contribution in [1.29, 1.82) is 0 Å². The van der Waals surface area contributed by atoms with Gasteiger partial charge in [-0.15, -0.1) is 0 Å². The number of carbonyl (C=O) groups excluding carboxylic acids is 1. The number of nitrogens with zero attached hydrogens (tertiary/aromatic N) is 2. The number of rotatable bonds is 5. The van der Waals surface area contributed by atoms with E-state index in [1.807, 2.05) is 4.90 Å². The van der Waals surface area contributed by atoms with E-state index in [9.17, 15) is 13.2 Å². The topological polar surface area (TPSA) is 79.4 Å². The monoisotopic (exact) mass is 375 g/mol. The highest BCUT2D eigenvalue weighted by atomic mass is 79.9. The summed E-state index contributed by atoms with van der Waals surface area (Å²) in [6.07, 6.45) is 4.83. The van der Waals surface area contributed by atoms with Gasteiger partial charge in [-0.05, 0) is 30.9 Å². The molecule has 1 aromatic rings. The SMILES string of the molecule is O=C(c1ccncc1)N1CCC(CNS(=O)(=O)CBr)CC1. The van der Waals surface area contributed by atoms with Gasteiger partial charge in [-0.2, -0.15) is 0 Å². The third-order valence-electron chi connectivity index (χ3n) is 3.56.